The van der Waals surface area contributed by atoms with E-state index < -0.39 is 24.5 Å². The number of methoxy groups -OCH3 is 1. The summed E-state index contributed by atoms with van der Waals surface area (Å²) >= 11 is 0. The van der Waals surface area contributed by atoms with Gasteiger partial charge in [0.15, 0.2) is 17.7 Å². The number of aliphatic hydroxyl groups is 2. The first-order valence-corrected chi connectivity index (χ1v) is 8.41. The van der Waals surface area contributed by atoms with Crippen molar-refractivity contribution in [2.45, 2.75) is 24.5 Å². The average Bonchev–Trinajstić information content (AvgIpc) is 3.23. The SMILES string of the molecule is CO[C@@H]1[C@H](O)[C@@H](CO)O[C@H]1n1cnc2c(N)nc(Nc3ccccc3)nc21. The van der Waals surface area contributed by atoms with Crippen LogP contribution in [0.2, 0.25) is 0 Å². The number of anilines is 3. The minimum Gasteiger partial charge on any atom is -0.394 e. The Hall–Kier alpha value is -2.79. The number of hydrogen-bond acceptors (Lipinski definition) is 9. The molecule has 0 unspecified atom stereocenters. The number of ether oxygens (including phenoxy) is 2. The molecule has 1 aliphatic heterocycles. The minimum absolute atomic E-state index is 0.211. The van der Waals surface area contributed by atoms with E-state index in [0.29, 0.717) is 17.1 Å². The molecule has 2 aromatic heterocycles. The van der Waals surface area contributed by atoms with E-state index in [0.717, 1.165) is 5.69 Å². The molecule has 0 saturated carbocycles. The fourth-order valence-corrected chi connectivity index (χ4v) is 3.18. The zero-order valence-corrected chi connectivity index (χ0v) is 14.6. The predicted molar refractivity (Wildman–Crippen MR) is 97.3 cm³/mol. The van der Waals surface area contributed by atoms with E-state index in [9.17, 15) is 10.2 Å². The third kappa shape index (κ3) is 3.08. The number of para-hydroxylation sites is 1. The van der Waals surface area contributed by atoms with Gasteiger partial charge in [0.1, 0.15) is 23.8 Å². The van der Waals surface area contributed by atoms with Gasteiger partial charge < -0.3 is 30.7 Å². The second-order valence-corrected chi connectivity index (χ2v) is 6.19. The van der Waals surface area contributed by atoms with Crippen LogP contribution >= 0.6 is 0 Å². The number of nitrogens with two attached hydrogens (primary N) is 1. The molecule has 142 valence electrons. The zero-order chi connectivity index (χ0) is 19.0. The lowest BCUT2D eigenvalue weighted by atomic mass is 10.1. The first kappa shape index (κ1) is 17.6. The molecular formula is C17H20N6O4. The normalized spacial score (nSPS) is 25.1. The van der Waals surface area contributed by atoms with Gasteiger partial charge in [-0.1, -0.05) is 18.2 Å². The fourth-order valence-electron chi connectivity index (χ4n) is 3.18. The topological polar surface area (TPSA) is 141 Å². The van der Waals surface area contributed by atoms with Crippen molar-refractivity contribution in [2.24, 2.45) is 0 Å². The van der Waals surface area contributed by atoms with Crippen LogP contribution in [0.5, 0.6) is 0 Å². The molecule has 0 spiro atoms. The van der Waals surface area contributed by atoms with Crippen LogP contribution in [0.3, 0.4) is 0 Å². The van der Waals surface area contributed by atoms with E-state index in [-0.39, 0.29) is 12.4 Å². The highest BCUT2D eigenvalue weighted by atomic mass is 16.6. The summed E-state index contributed by atoms with van der Waals surface area (Å²) in [6.07, 6.45) is -1.65. The maximum absolute atomic E-state index is 10.3. The van der Waals surface area contributed by atoms with Gasteiger partial charge in [0, 0.05) is 12.8 Å². The van der Waals surface area contributed by atoms with Gasteiger partial charge in [-0.05, 0) is 12.1 Å². The first-order chi connectivity index (χ1) is 13.1. The summed E-state index contributed by atoms with van der Waals surface area (Å²) < 4.78 is 12.7. The zero-order valence-electron chi connectivity index (χ0n) is 14.6. The van der Waals surface area contributed by atoms with E-state index in [1.807, 2.05) is 30.3 Å². The number of nitrogens with one attached hydrogen (secondary N) is 1. The molecule has 0 amide bonds. The van der Waals surface area contributed by atoms with E-state index >= 15 is 0 Å². The molecule has 0 radical (unpaired) electrons. The van der Waals surface area contributed by atoms with E-state index in [1.165, 1.54) is 13.4 Å². The van der Waals surface area contributed by atoms with Gasteiger partial charge in [0.05, 0.1) is 12.9 Å². The number of rotatable bonds is 5. The van der Waals surface area contributed by atoms with Gasteiger partial charge in [-0.15, -0.1) is 0 Å². The Labute approximate surface area is 154 Å². The van der Waals surface area contributed by atoms with Gasteiger partial charge >= 0.3 is 0 Å². The summed E-state index contributed by atoms with van der Waals surface area (Å²) in [5.74, 6) is 0.516. The van der Waals surface area contributed by atoms with Crippen LogP contribution < -0.4 is 11.1 Å². The minimum atomic E-state index is -0.983. The first-order valence-electron chi connectivity index (χ1n) is 8.41. The molecule has 1 fully saturated rings. The number of imidazole rings is 1. The highest BCUT2D eigenvalue weighted by Crippen LogP contribution is 2.34. The summed E-state index contributed by atoms with van der Waals surface area (Å²) in [7, 11) is 1.47. The molecular weight excluding hydrogens is 352 g/mol. The monoisotopic (exact) mass is 372 g/mol. The van der Waals surface area contributed by atoms with Crippen LogP contribution in [0.15, 0.2) is 36.7 Å². The van der Waals surface area contributed by atoms with Crippen LogP contribution in [-0.2, 0) is 9.47 Å². The van der Waals surface area contributed by atoms with Crippen molar-refractivity contribution in [2.75, 3.05) is 24.8 Å². The van der Waals surface area contributed by atoms with E-state index in [2.05, 4.69) is 20.3 Å². The quantitative estimate of drug-likeness (QED) is 0.501. The Balaban J connectivity index is 1.74. The van der Waals surface area contributed by atoms with Crippen molar-refractivity contribution in [3.63, 3.8) is 0 Å². The number of aliphatic hydroxyl groups excluding tert-OH is 2. The maximum atomic E-state index is 10.3. The van der Waals surface area contributed by atoms with Gasteiger partial charge in [-0.3, -0.25) is 4.57 Å². The van der Waals surface area contributed by atoms with Crippen LogP contribution in [0.4, 0.5) is 17.5 Å². The average molecular weight is 372 g/mol. The predicted octanol–water partition coefficient (Wildman–Crippen LogP) is 0.418. The molecule has 10 heteroatoms. The largest absolute Gasteiger partial charge is 0.394 e. The summed E-state index contributed by atoms with van der Waals surface area (Å²) in [5, 5.41) is 22.8. The number of nitrogen functional groups attached to an aromatic ring is 1. The molecule has 5 N–H and O–H groups in total. The third-order valence-corrected chi connectivity index (χ3v) is 4.52. The van der Waals surface area contributed by atoms with Crippen molar-refractivity contribution < 1.29 is 19.7 Å². The number of nitrogens with zero attached hydrogens (tertiary/aromatic N) is 4. The Bertz CT molecular complexity index is 934. The van der Waals surface area contributed by atoms with Crippen molar-refractivity contribution in [3.8, 4) is 0 Å². The standard InChI is InChI=1S/C17H20N6O4/c1-26-13-12(25)10(7-24)27-16(13)23-8-19-11-14(18)21-17(22-15(11)23)20-9-5-3-2-4-6-9/h2-6,8,10,12-13,16,24-25H,7H2,1H3,(H3,18,20,21,22)/t10-,12-,13-,16-/m1/s1. The van der Waals surface area contributed by atoms with Gasteiger partial charge in [0.2, 0.25) is 5.95 Å². The van der Waals surface area contributed by atoms with E-state index in [4.69, 9.17) is 15.2 Å². The lowest BCUT2D eigenvalue weighted by molar-refractivity contribution is -0.0583. The lowest BCUT2D eigenvalue weighted by Gasteiger charge is -2.20. The molecule has 0 bridgehead atoms. The molecule has 3 heterocycles. The van der Waals surface area contributed by atoms with Crippen LogP contribution in [0.1, 0.15) is 6.23 Å². The number of aromatic nitrogens is 4. The van der Waals surface area contributed by atoms with Gasteiger partial charge in [0.25, 0.3) is 0 Å². The molecule has 1 aromatic carbocycles. The number of benzene rings is 1. The Morgan fingerprint density at radius 3 is 2.78 bits per heavy atom. The van der Waals surface area contributed by atoms with Gasteiger partial charge in [-0.25, -0.2) is 4.98 Å². The second-order valence-electron chi connectivity index (χ2n) is 6.19. The fraction of sp³-hybridized carbons (Fsp3) is 0.353. The maximum Gasteiger partial charge on any atom is 0.231 e. The van der Waals surface area contributed by atoms with Crippen molar-refractivity contribution in [1.82, 2.24) is 19.5 Å². The number of fused-ring (bicyclic) bond motifs is 1. The van der Waals surface area contributed by atoms with E-state index in [1.54, 1.807) is 4.57 Å². The Morgan fingerprint density at radius 1 is 1.30 bits per heavy atom. The van der Waals surface area contributed by atoms with Crippen LogP contribution in [-0.4, -0.2) is 61.8 Å². The molecule has 0 aliphatic carbocycles. The van der Waals surface area contributed by atoms with Crippen molar-refractivity contribution >= 4 is 28.6 Å². The molecule has 4 atom stereocenters. The highest BCUT2D eigenvalue weighted by Gasteiger charge is 2.45. The summed E-state index contributed by atoms with van der Waals surface area (Å²) in [6.45, 7) is -0.331. The highest BCUT2D eigenvalue weighted by molar-refractivity contribution is 5.83. The van der Waals surface area contributed by atoms with Gasteiger partial charge in [-0.2, -0.15) is 9.97 Å². The van der Waals surface area contributed by atoms with Crippen molar-refractivity contribution in [1.29, 1.82) is 0 Å². The number of hydrogen-bond donors (Lipinski definition) is 4. The molecule has 3 aromatic rings. The van der Waals surface area contributed by atoms with Crippen LogP contribution in [0.25, 0.3) is 11.2 Å². The molecule has 1 saturated heterocycles. The molecule has 27 heavy (non-hydrogen) atoms. The second kappa shape index (κ2) is 7.08. The molecule has 10 nitrogen and oxygen atoms in total. The Morgan fingerprint density at radius 2 is 2.07 bits per heavy atom. The summed E-state index contributed by atoms with van der Waals surface area (Å²) in [5.41, 5.74) is 7.69. The smallest absolute Gasteiger partial charge is 0.231 e. The molecule has 1 aliphatic rings. The molecule has 4 rings (SSSR count). The summed E-state index contributed by atoms with van der Waals surface area (Å²) in [6, 6.07) is 9.44. The third-order valence-electron chi connectivity index (χ3n) is 4.52. The Kier molecular flexibility index (Phi) is 4.62. The summed E-state index contributed by atoms with van der Waals surface area (Å²) in [4.78, 5) is 13.0. The van der Waals surface area contributed by atoms with Crippen molar-refractivity contribution in [3.05, 3.63) is 36.7 Å². The lowest BCUT2D eigenvalue weighted by Crippen LogP contribution is -2.34. The van der Waals surface area contributed by atoms with Crippen LogP contribution in [0, 0.1) is 0 Å².